The number of halogens is 2. The van der Waals surface area contributed by atoms with Gasteiger partial charge < -0.3 is 9.47 Å². The summed E-state index contributed by atoms with van der Waals surface area (Å²) in [6.07, 6.45) is 1.68. The van der Waals surface area contributed by atoms with Gasteiger partial charge >= 0.3 is 0 Å². The lowest BCUT2D eigenvalue weighted by Crippen LogP contribution is -2.27. The molecule has 3 aromatic rings. The molecule has 1 saturated heterocycles. The molecule has 1 fully saturated rings. The van der Waals surface area contributed by atoms with Crippen molar-refractivity contribution in [2.45, 2.75) is 20.1 Å². The third-order valence-corrected chi connectivity index (χ3v) is 6.52. The number of amides is 2. The first-order valence-corrected chi connectivity index (χ1v) is 12.1. The fourth-order valence-electron chi connectivity index (χ4n) is 3.37. The molecule has 8 heteroatoms. The third kappa shape index (κ3) is 5.76. The average Bonchev–Trinajstić information content (AvgIpc) is 3.07. The number of thioether (sulfide) groups is 1. The minimum Gasteiger partial charge on any atom is -0.490 e. The number of carbonyl (C=O) groups excluding carboxylic acids is 2. The Morgan fingerprint density at radius 1 is 0.941 bits per heavy atom. The molecule has 1 heterocycles. The molecule has 0 aromatic heterocycles. The van der Waals surface area contributed by atoms with Crippen LogP contribution in [0.25, 0.3) is 6.08 Å². The molecule has 0 spiro atoms. The molecule has 0 unspecified atom stereocenters. The molecule has 1 aliphatic heterocycles. The van der Waals surface area contributed by atoms with Crippen LogP contribution in [0.15, 0.2) is 71.6 Å². The summed E-state index contributed by atoms with van der Waals surface area (Å²) in [7, 11) is 0. The van der Waals surface area contributed by atoms with Crippen molar-refractivity contribution in [3.63, 3.8) is 0 Å². The van der Waals surface area contributed by atoms with Gasteiger partial charge in [0.15, 0.2) is 11.5 Å². The van der Waals surface area contributed by atoms with Gasteiger partial charge in [0.2, 0.25) is 0 Å². The Kier molecular flexibility index (Phi) is 7.83. The highest BCUT2D eigenvalue weighted by Crippen LogP contribution is 2.36. The number of imide groups is 1. The molecule has 5 nitrogen and oxygen atoms in total. The van der Waals surface area contributed by atoms with Gasteiger partial charge in [-0.15, -0.1) is 0 Å². The number of hydrogen-bond acceptors (Lipinski definition) is 5. The first-order chi connectivity index (χ1) is 16.4. The number of carbonyl (C=O) groups is 2. The maximum atomic E-state index is 12.9. The zero-order chi connectivity index (χ0) is 24.1. The second kappa shape index (κ2) is 11.0. The first-order valence-electron chi connectivity index (χ1n) is 10.6. The van der Waals surface area contributed by atoms with E-state index in [-0.39, 0.29) is 17.7 Å². The monoisotopic (exact) mass is 513 g/mol. The molecule has 3 aromatic carbocycles. The minimum absolute atomic E-state index is 0.127. The maximum Gasteiger partial charge on any atom is 0.293 e. The summed E-state index contributed by atoms with van der Waals surface area (Å²) >= 11 is 13.1. The lowest BCUT2D eigenvalue weighted by atomic mass is 10.1. The van der Waals surface area contributed by atoms with E-state index in [0.29, 0.717) is 45.2 Å². The second-order valence-corrected chi connectivity index (χ2v) is 9.25. The van der Waals surface area contributed by atoms with Crippen LogP contribution in [0.1, 0.15) is 23.6 Å². The summed E-state index contributed by atoms with van der Waals surface area (Å²) in [4.78, 5) is 26.9. The molecule has 4 rings (SSSR count). The van der Waals surface area contributed by atoms with Crippen LogP contribution < -0.4 is 9.47 Å². The van der Waals surface area contributed by atoms with Crippen molar-refractivity contribution in [1.82, 2.24) is 4.90 Å². The molecule has 0 N–H and O–H groups in total. The van der Waals surface area contributed by atoms with E-state index in [1.165, 1.54) is 4.90 Å². The van der Waals surface area contributed by atoms with E-state index >= 15 is 0 Å². The van der Waals surface area contributed by atoms with Crippen molar-refractivity contribution in [1.29, 1.82) is 0 Å². The van der Waals surface area contributed by atoms with Gasteiger partial charge in [-0.1, -0.05) is 59.6 Å². The van der Waals surface area contributed by atoms with Crippen LogP contribution in [-0.4, -0.2) is 22.7 Å². The SMILES string of the molecule is CCOc1cc(/C=C2\SC(=O)N(Cc3ccccc3Cl)C2=O)ccc1OCc1cccc(Cl)c1. The first kappa shape index (κ1) is 24.2. The quantitative estimate of drug-likeness (QED) is 0.298. The molecule has 2 amide bonds. The van der Waals surface area contributed by atoms with Gasteiger partial charge in [0.25, 0.3) is 11.1 Å². The summed E-state index contributed by atoms with van der Waals surface area (Å²) in [5.41, 5.74) is 2.38. The smallest absolute Gasteiger partial charge is 0.293 e. The van der Waals surface area contributed by atoms with Gasteiger partial charge in [-0.25, -0.2) is 0 Å². The predicted molar refractivity (Wildman–Crippen MR) is 136 cm³/mol. The minimum atomic E-state index is -0.353. The highest BCUT2D eigenvalue weighted by Gasteiger charge is 2.35. The Bertz CT molecular complexity index is 1260. The van der Waals surface area contributed by atoms with Crippen LogP contribution in [0.2, 0.25) is 10.0 Å². The maximum absolute atomic E-state index is 12.9. The molecule has 174 valence electrons. The molecule has 0 bridgehead atoms. The Morgan fingerprint density at radius 3 is 2.53 bits per heavy atom. The third-order valence-electron chi connectivity index (χ3n) is 5.01. The Balaban J connectivity index is 1.51. The Labute approximate surface area is 212 Å². The van der Waals surface area contributed by atoms with E-state index < -0.39 is 0 Å². The van der Waals surface area contributed by atoms with Crippen molar-refractivity contribution in [3.05, 3.63) is 98.4 Å². The number of benzene rings is 3. The van der Waals surface area contributed by atoms with E-state index in [9.17, 15) is 9.59 Å². The summed E-state index contributed by atoms with van der Waals surface area (Å²) < 4.78 is 11.7. The largest absolute Gasteiger partial charge is 0.490 e. The Hall–Kier alpha value is -2.93. The van der Waals surface area contributed by atoms with Crippen molar-refractivity contribution in [2.24, 2.45) is 0 Å². The summed E-state index contributed by atoms with van der Waals surface area (Å²) in [5.74, 6) is 0.772. The van der Waals surface area contributed by atoms with Crippen LogP contribution in [0.3, 0.4) is 0 Å². The lowest BCUT2D eigenvalue weighted by Gasteiger charge is -2.14. The number of ether oxygens (including phenoxy) is 2. The van der Waals surface area contributed by atoms with E-state index in [2.05, 4.69) is 0 Å². The molecule has 0 aliphatic carbocycles. The molecule has 1 aliphatic rings. The van der Waals surface area contributed by atoms with Gasteiger partial charge in [-0.05, 0) is 71.8 Å². The molecular weight excluding hydrogens is 493 g/mol. The zero-order valence-electron chi connectivity index (χ0n) is 18.3. The van der Waals surface area contributed by atoms with Crippen LogP contribution in [-0.2, 0) is 17.9 Å². The Morgan fingerprint density at radius 2 is 1.76 bits per heavy atom. The van der Waals surface area contributed by atoms with Gasteiger partial charge in [-0.2, -0.15) is 0 Å². The normalized spacial score (nSPS) is 14.7. The van der Waals surface area contributed by atoms with E-state index in [1.807, 2.05) is 43.3 Å². The van der Waals surface area contributed by atoms with Gasteiger partial charge in [0, 0.05) is 10.0 Å². The number of rotatable bonds is 8. The van der Waals surface area contributed by atoms with Crippen LogP contribution in [0, 0.1) is 0 Å². The standard InChI is InChI=1S/C26H21Cl2NO4S/c1-2-32-23-13-17(10-11-22(23)33-16-18-6-5-8-20(27)12-18)14-24-25(30)29(26(31)34-24)15-19-7-3-4-9-21(19)28/h3-14H,2,15-16H2,1H3/b24-14-. The highest BCUT2D eigenvalue weighted by molar-refractivity contribution is 8.18. The molecular formula is C26H21Cl2NO4S. The van der Waals surface area contributed by atoms with Gasteiger partial charge in [0.1, 0.15) is 6.61 Å². The second-order valence-electron chi connectivity index (χ2n) is 7.42. The molecule has 0 atom stereocenters. The molecule has 0 radical (unpaired) electrons. The van der Waals surface area contributed by atoms with E-state index in [0.717, 1.165) is 22.9 Å². The highest BCUT2D eigenvalue weighted by atomic mass is 35.5. The van der Waals surface area contributed by atoms with E-state index in [1.54, 1.807) is 36.4 Å². The van der Waals surface area contributed by atoms with Gasteiger partial charge in [0.05, 0.1) is 18.1 Å². The van der Waals surface area contributed by atoms with Crippen LogP contribution in [0.4, 0.5) is 4.79 Å². The van der Waals surface area contributed by atoms with Gasteiger partial charge in [-0.3, -0.25) is 14.5 Å². The fourth-order valence-corrected chi connectivity index (χ4v) is 4.62. The summed E-state index contributed by atoms with van der Waals surface area (Å²) in [6, 6.07) is 20.0. The number of hydrogen-bond donors (Lipinski definition) is 0. The zero-order valence-corrected chi connectivity index (χ0v) is 20.6. The predicted octanol–water partition coefficient (Wildman–Crippen LogP) is 7.21. The molecule has 34 heavy (non-hydrogen) atoms. The van der Waals surface area contributed by atoms with Crippen molar-refractivity contribution >= 4 is 52.2 Å². The van der Waals surface area contributed by atoms with Crippen molar-refractivity contribution in [3.8, 4) is 11.5 Å². The average molecular weight is 514 g/mol. The van der Waals surface area contributed by atoms with Crippen LogP contribution >= 0.6 is 35.0 Å². The van der Waals surface area contributed by atoms with E-state index in [4.69, 9.17) is 32.7 Å². The lowest BCUT2D eigenvalue weighted by molar-refractivity contribution is -0.123. The van der Waals surface area contributed by atoms with Crippen molar-refractivity contribution < 1.29 is 19.1 Å². The summed E-state index contributed by atoms with van der Waals surface area (Å²) in [5, 5.41) is 0.827. The number of nitrogens with zero attached hydrogens (tertiary/aromatic N) is 1. The summed E-state index contributed by atoms with van der Waals surface area (Å²) in [6.45, 7) is 2.79. The molecule has 0 saturated carbocycles. The fraction of sp³-hybridized carbons (Fsp3) is 0.154. The van der Waals surface area contributed by atoms with Crippen molar-refractivity contribution in [2.75, 3.05) is 6.61 Å². The van der Waals surface area contributed by atoms with Crippen LogP contribution in [0.5, 0.6) is 11.5 Å². The topological polar surface area (TPSA) is 55.8 Å².